The SMILES string of the molecule is C=CC(=O)NCCCN(C)C.OCC(O)CO. The second kappa shape index (κ2) is 13.1. The van der Waals surface area contributed by atoms with E-state index in [1.807, 2.05) is 14.1 Å². The van der Waals surface area contributed by atoms with Gasteiger partial charge < -0.3 is 25.5 Å². The fourth-order valence-corrected chi connectivity index (χ4v) is 0.737. The van der Waals surface area contributed by atoms with Gasteiger partial charge in [-0.15, -0.1) is 0 Å². The van der Waals surface area contributed by atoms with Crippen molar-refractivity contribution in [1.82, 2.24) is 10.2 Å². The molecule has 0 spiro atoms. The highest BCUT2D eigenvalue weighted by Gasteiger charge is 1.94. The number of nitrogens with zero attached hydrogens (tertiary/aromatic N) is 1. The molecule has 0 fully saturated rings. The highest BCUT2D eigenvalue weighted by Crippen LogP contribution is 1.80. The molecular formula is C11H24N2O4. The van der Waals surface area contributed by atoms with Crippen molar-refractivity contribution in [2.45, 2.75) is 12.5 Å². The molecule has 0 unspecified atom stereocenters. The molecule has 4 N–H and O–H groups in total. The number of nitrogens with one attached hydrogen (secondary N) is 1. The molecule has 0 radical (unpaired) electrons. The smallest absolute Gasteiger partial charge is 0.243 e. The summed E-state index contributed by atoms with van der Waals surface area (Å²) in [5.74, 6) is -0.0937. The summed E-state index contributed by atoms with van der Waals surface area (Å²) in [5, 5.41) is 26.7. The molecule has 1 amide bonds. The molecule has 0 aliphatic carbocycles. The van der Waals surface area contributed by atoms with Gasteiger partial charge in [-0.3, -0.25) is 4.79 Å². The molecule has 0 aromatic rings. The average Bonchev–Trinajstić information content (AvgIpc) is 2.33. The Bertz CT molecular complexity index is 194. The molecule has 0 bridgehead atoms. The molecule has 0 atom stereocenters. The van der Waals surface area contributed by atoms with E-state index in [0.29, 0.717) is 0 Å². The van der Waals surface area contributed by atoms with Gasteiger partial charge in [0.15, 0.2) is 0 Å². The molecule has 0 aliphatic rings. The summed E-state index contributed by atoms with van der Waals surface area (Å²) in [4.78, 5) is 12.7. The van der Waals surface area contributed by atoms with Gasteiger partial charge in [0.05, 0.1) is 13.2 Å². The van der Waals surface area contributed by atoms with Crippen LogP contribution in [0, 0.1) is 0 Å². The zero-order chi connectivity index (χ0) is 13.7. The number of hydrogen-bond donors (Lipinski definition) is 4. The average molecular weight is 248 g/mol. The summed E-state index contributed by atoms with van der Waals surface area (Å²) in [6.07, 6.45) is 1.31. The van der Waals surface area contributed by atoms with Crippen LogP contribution in [0.5, 0.6) is 0 Å². The third kappa shape index (κ3) is 17.7. The van der Waals surface area contributed by atoms with Gasteiger partial charge in [0.1, 0.15) is 6.10 Å². The van der Waals surface area contributed by atoms with Crippen molar-refractivity contribution in [1.29, 1.82) is 0 Å². The highest BCUT2D eigenvalue weighted by molar-refractivity contribution is 5.86. The maximum atomic E-state index is 10.6. The van der Waals surface area contributed by atoms with E-state index in [4.69, 9.17) is 15.3 Å². The van der Waals surface area contributed by atoms with Crippen LogP contribution in [-0.2, 0) is 4.79 Å². The number of aliphatic hydroxyl groups excluding tert-OH is 3. The van der Waals surface area contributed by atoms with E-state index in [1.54, 1.807) is 0 Å². The lowest BCUT2D eigenvalue weighted by Gasteiger charge is -2.08. The largest absolute Gasteiger partial charge is 0.394 e. The van der Waals surface area contributed by atoms with Gasteiger partial charge in [0.25, 0.3) is 0 Å². The molecule has 0 saturated carbocycles. The number of carbonyl (C=O) groups is 1. The van der Waals surface area contributed by atoms with Gasteiger partial charge in [-0.25, -0.2) is 0 Å². The first-order valence-electron chi connectivity index (χ1n) is 5.42. The molecule has 0 aromatic carbocycles. The Labute approximate surface area is 103 Å². The van der Waals surface area contributed by atoms with E-state index in [0.717, 1.165) is 19.5 Å². The lowest BCUT2D eigenvalue weighted by Crippen LogP contribution is -2.25. The Balaban J connectivity index is 0. The first-order chi connectivity index (χ1) is 7.97. The fraction of sp³-hybridized carbons (Fsp3) is 0.727. The van der Waals surface area contributed by atoms with Crippen molar-refractivity contribution in [2.24, 2.45) is 0 Å². The van der Waals surface area contributed by atoms with E-state index in [2.05, 4.69) is 16.8 Å². The minimum atomic E-state index is -0.954. The summed E-state index contributed by atoms with van der Waals surface area (Å²) in [6, 6.07) is 0. The predicted octanol–water partition coefficient (Wildman–Crippen LogP) is -1.43. The first kappa shape index (κ1) is 18.4. The molecule has 0 heterocycles. The van der Waals surface area contributed by atoms with Gasteiger partial charge in [0, 0.05) is 6.54 Å². The topological polar surface area (TPSA) is 93.0 Å². The monoisotopic (exact) mass is 248 g/mol. The van der Waals surface area contributed by atoms with Crippen LogP contribution in [0.25, 0.3) is 0 Å². The second-order valence-electron chi connectivity index (χ2n) is 3.67. The number of hydrogen-bond acceptors (Lipinski definition) is 5. The van der Waals surface area contributed by atoms with E-state index in [-0.39, 0.29) is 19.1 Å². The molecule has 102 valence electrons. The lowest BCUT2D eigenvalue weighted by molar-refractivity contribution is -0.116. The Morgan fingerprint density at radius 2 is 1.94 bits per heavy atom. The Kier molecular flexibility index (Phi) is 14.2. The second-order valence-corrected chi connectivity index (χ2v) is 3.67. The van der Waals surface area contributed by atoms with Crippen molar-refractivity contribution in [2.75, 3.05) is 40.4 Å². The first-order valence-corrected chi connectivity index (χ1v) is 5.42. The van der Waals surface area contributed by atoms with Gasteiger partial charge in [-0.1, -0.05) is 6.58 Å². The Morgan fingerprint density at radius 1 is 1.41 bits per heavy atom. The van der Waals surface area contributed by atoms with Crippen molar-refractivity contribution >= 4 is 5.91 Å². The zero-order valence-corrected chi connectivity index (χ0v) is 10.6. The van der Waals surface area contributed by atoms with Crippen molar-refractivity contribution < 1.29 is 20.1 Å². The summed E-state index contributed by atoms with van der Waals surface area (Å²) < 4.78 is 0. The summed E-state index contributed by atoms with van der Waals surface area (Å²) >= 11 is 0. The molecular weight excluding hydrogens is 224 g/mol. The third-order valence-electron chi connectivity index (χ3n) is 1.69. The number of carbonyl (C=O) groups excluding carboxylic acids is 1. The normalized spacial score (nSPS) is 9.82. The maximum Gasteiger partial charge on any atom is 0.243 e. The minimum absolute atomic E-state index is 0.0937. The van der Waals surface area contributed by atoms with Crippen LogP contribution < -0.4 is 5.32 Å². The molecule has 17 heavy (non-hydrogen) atoms. The van der Waals surface area contributed by atoms with Gasteiger partial charge in [0.2, 0.25) is 5.91 Å². The quantitative estimate of drug-likeness (QED) is 0.327. The van der Waals surface area contributed by atoms with E-state index in [9.17, 15) is 4.79 Å². The zero-order valence-electron chi connectivity index (χ0n) is 10.6. The standard InChI is InChI=1S/C8H16N2O.C3H8O3/c1-4-8(11)9-6-5-7-10(2)3;4-1-3(6)2-5/h4H,1,5-7H2,2-3H3,(H,9,11);3-6H,1-2H2. The predicted molar refractivity (Wildman–Crippen MR) is 66.6 cm³/mol. The Morgan fingerprint density at radius 3 is 2.24 bits per heavy atom. The summed E-state index contributed by atoms with van der Waals surface area (Å²) in [5.41, 5.74) is 0. The van der Waals surface area contributed by atoms with Crippen LogP contribution in [0.1, 0.15) is 6.42 Å². The van der Waals surface area contributed by atoms with Crippen molar-refractivity contribution in [3.05, 3.63) is 12.7 Å². The number of rotatable bonds is 7. The molecule has 0 rings (SSSR count). The lowest BCUT2D eigenvalue weighted by atomic mass is 10.4. The summed E-state index contributed by atoms with van der Waals surface area (Å²) in [7, 11) is 4.02. The Hall–Kier alpha value is -0.950. The van der Waals surface area contributed by atoms with Gasteiger partial charge in [-0.2, -0.15) is 0 Å². The highest BCUT2D eigenvalue weighted by atomic mass is 16.3. The molecule has 0 saturated heterocycles. The van der Waals surface area contributed by atoms with Crippen LogP contribution in [-0.4, -0.2) is 72.6 Å². The third-order valence-corrected chi connectivity index (χ3v) is 1.69. The van der Waals surface area contributed by atoms with Crippen LogP contribution in [0.15, 0.2) is 12.7 Å². The number of amides is 1. The van der Waals surface area contributed by atoms with E-state index in [1.165, 1.54) is 6.08 Å². The molecule has 0 aliphatic heterocycles. The van der Waals surface area contributed by atoms with Crippen molar-refractivity contribution in [3.63, 3.8) is 0 Å². The van der Waals surface area contributed by atoms with E-state index < -0.39 is 6.10 Å². The van der Waals surface area contributed by atoms with Gasteiger partial charge >= 0.3 is 0 Å². The van der Waals surface area contributed by atoms with Crippen LogP contribution >= 0.6 is 0 Å². The van der Waals surface area contributed by atoms with Gasteiger partial charge in [-0.05, 0) is 33.1 Å². The summed E-state index contributed by atoms with van der Waals surface area (Å²) in [6.45, 7) is 4.35. The molecule has 6 heteroatoms. The van der Waals surface area contributed by atoms with Crippen LogP contribution in [0.3, 0.4) is 0 Å². The fourth-order valence-electron chi connectivity index (χ4n) is 0.737. The van der Waals surface area contributed by atoms with Crippen LogP contribution in [0.2, 0.25) is 0 Å². The molecule has 0 aromatic heterocycles. The number of aliphatic hydroxyl groups is 3. The minimum Gasteiger partial charge on any atom is -0.394 e. The maximum absolute atomic E-state index is 10.6. The molecule has 6 nitrogen and oxygen atoms in total. The van der Waals surface area contributed by atoms with Crippen LogP contribution in [0.4, 0.5) is 0 Å². The van der Waals surface area contributed by atoms with E-state index >= 15 is 0 Å². The van der Waals surface area contributed by atoms with Crippen molar-refractivity contribution in [3.8, 4) is 0 Å².